The van der Waals surface area contributed by atoms with Crippen LogP contribution in [0.25, 0.3) is 11.3 Å². The lowest BCUT2D eigenvalue weighted by Crippen LogP contribution is -2.19. The van der Waals surface area contributed by atoms with E-state index in [4.69, 9.17) is 4.74 Å². The number of benzene rings is 2. The summed E-state index contributed by atoms with van der Waals surface area (Å²) in [6.45, 7) is 0.236. The first kappa shape index (κ1) is 24.8. The van der Waals surface area contributed by atoms with E-state index >= 15 is 0 Å². The quantitative estimate of drug-likeness (QED) is 0.350. The van der Waals surface area contributed by atoms with Crippen molar-refractivity contribution in [3.63, 3.8) is 0 Å². The van der Waals surface area contributed by atoms with Crippen molar-refractivity contribution in [2.75, 3.05) is 11.3 Å². The molecule has 192 valence electrons. The van der Waals surface area contributed by atoms with Crippen LogP contribution < -0.4 is 9.46 Å². The first-order valence-corrected chi connectivity index (χ1v) is 12.6. The second-order valence-electron chi connectivity index (χ2n) is 8.50. The Bertz CT molecular complexity index is 1570. The number of pyridine rings is 1. The first-order valence-electron chi connectivity index (χ1n) is 11.1. The van der Waals surface area contributed by atoms with Crippen molar-refractivity contribution in [1.29, 1.82) is 0 Å². The number of aryl methyl sites for hydroxylation is 1. The molecule has 3 heterocycles. The number of sulfonamides is 1. The largest absolute Gasteiger partial charge is 0.493 e. The Labute approximate surface area is 209 Å². The van der Waals surface area contributed by atoms with Gasteiger partial charge in [0.15, 0.2) is 0 Å². The fourth-order valence-corrected chi connectivity index (χ4v) is 5.41. The van der Waals surface area contributed by atoms with Crippen LogP contribution in [0.15, 0.2) is 71.9 Å². The molecule has 1 N–H and O–H groups in total. The predicted molar refractivity (Wildman–Crippen MR) is 127 cm³/mol. The zero-order chi connectivity index (χ0) is 26.4. The first-order chi connectivity index (χ1) is 17.5. The molecule has 0 amide bonds. The summed E-state index contributed by atoms with van der Waals surface area (Å²) in [5.74, 6) is -0.699. The van der Waals surface area contributed by atoms with E-state index in [1.807, 2.05) is 0 Å². The third-order valence-corrected chi connectivity index (χ3v) is 7.51. The molecule has 2 aromatic carbocycles. The average molecular weight is 533 g/mol. The van der Waals surface area contributed by atoms with Crippen LogP contribution in [0.4, 0.5) is 23.4 Å². The highest BCUT2D eigenvalue weighted by Crippen LogP contribution is 2.44. The lowest BCUT2D eigenvalue weighted by Gasteiger charge is -2.28. The highest BCUT2D eigenvalue weighted by atomic mass is 32.2. The van der Waals surface area contributed by atoms with E-state index in [0.717, 1.165) is 24.4 Å². The fraction of sp³-hybridized carbons (Fsp3) is 0.200. The van der Waals surface area contributed by atoms with Crippen LogP contribution in [0.5, 0.6) is 5.75 Å². The maximum atomic E-state index is 13.5. The minimum Gasteiger partial charge on any atom is -0.493 e. The molecule has 4 aromatic rings. The zero-order valence-electron chi connectivity index (χ0n) is 19.3. The molecule has 0 bridgehead atoms. The summed E-state index contributed by atoms with van der Waals surface area (Å²) in [5.41, 5.74) is 1.41. The Morgan fingerprint density at radius 2 is 1.84 bits per heavy atom. The topological polar surface area (TPSA) is 86.1 Å². The minimum absolute atomic E-state index is 0.0523. The third kappa shape index (κ3) is 4.88. The second-order valence-corrected chi connectivity index (χ2v) is 10.2. The lowest BCUT2D eigenvalue weighted by atomic mass is 9.83. The van der Waals surface area contributed by atoms with Gasteiger partial charge in [-0.25, -0.2) is 17.8 Å². The third-order valence-electron chi connectivity index (χ3n) is 6.15. The SMILES string of the molecule is Cn1nccc1-c1cc(C(F)(F)F)ccc1C1CCOc2cc(S(=O)(=O)Nc3ccc(F)cn3)ccc21. The Morgan fingerprint density at radius 3 is 2.51 bits per heavy atom. The smallest absolute Gasteiger partial charge is 0.416 e. The molecule has 0 aliphatic carbocycles. The summed E-state index contributed by atoms with van der Waals surface area (Å²) < 4.78 is 89.0. The summed E-state index contributed by atoms with van der Waals surface area (Å²) in [5, 5.41) is 4.10. The van der Waals surface area contributed by atoms with E-state index in [-0.39, 0.29) is 23.2 Å². The molecule has 0 saturated carbocycles. The molecule has 1 aliphatic heterocycles. The molecule has 1 aliphatic rings. The Kier molecular flexibility index (Phi) is 6.14. The van der Waals surface area contributed by atoms with Gasteiger partial charge >= 0.3 is 6.18 Å². The van der Waals surface area contributed by atoms with Crippen molar-refractivity contribution in [2.24, 2.45) is 7.05 Å². The number of anilines is 1. The Balaban J connectivity index is 1.54. The van der Waals surface area contributed by atoms with Gasteiger partial charge in [-0.2, -0.15) is 18.3 Å². The number of fused-ring (bicyclic) bond motifs is 1. The highest BCUT2D eigenvalue weighted by molar-refractivity contribution is 7.92. The number of halogens is 4. The van der Waals surface area contributed by atoms with E-state index in [1.165, 1.54) is 35.1 Å². The van der Waals surface area contributed by atoms with E-state index in [9.17, 15) is 26.0 Å². The van der Waals surface area contributed by atoms with Crippen molar-refractivity contribution in [3.05, 3.63) is 89.5 Å². The summed E-state index contributed by atoms with van der Waals surface area (Å²) >= 11 is 0. The van der Waals surface area contributed by atoms with Gasteiger partial charge in [0.25, 0.3) is 10.0 Å². The van der Waals surface area contributed by atoms with Crippen LogP contribution in [-0.2, 0) is 23.2 Å². The summed E-state index contributed by atoms with van der Waals surface area (Å²) in [6, 6.07) is 11.9. The molecule has 5 rings (SSSR count). The molecule has 0 spiro atoms. The van der Waals surface area contributed by atoms with Gasteiger partial charge in [0.2, 0.25) is 0 Å². The molecular formula is C25H20F4N4O3S. The number of aromatic nitrogens is 3. The normalized spacial score (nSPS) is 15.6. The summed E-state index contributed by atoms with van der Waals surface area (Å²) in [6.07, 6.45) is -1.64. The number of alkyl halides is 3. The van der Waals surface area contributed by atoms with E-state index in [1.54, 1.807) is 19.2 Å². The predicted octanol–water partition coefficient (Wildman–Crippen LogP) is 5.36. The standard InChI is InChI=1S/C25H20F4N4O3S/c1-33-22(8-10-31-33)21-12-15(25(27,28)29)2-5-18(21)19-9-11-36-23-13-17(4-6-20(19)23)37(34,35)32-24-7-3-16(26)14-30-24/h2-8,10,12-14,19H,9,11H2,1H3,(H,30,32). The van der Waals surface area contributed by atoms with Gasteiger partial charge in [-0.15, -0.1) is 0 Å². The van der Waals surface area contributed by atoms with Crippen molar-refractivity contribution in [2.45, 2.75) is 23.4 Å². The van der Waals surface area contributed by atoms with Gasteiger partial charge in [-0.3, -0.25) is 9.40 Å². The molecule has 7 nitrogen and oxygen atoms in total. The molecule has 0 radical (unpaired) electrons. The Hall–Kier alpha value is -3.93. The van der Waals surface area contributed by atoms with Gasteiger partial charge in [-0.05, 0) is 48.4 Å². The molecular weight excluding hydrogens is 512 g/mol. The fourth-order valence-electron chi connectivity index (χ4n) is 4.39. The summed E-state index contributed by atoms with van der Waals surface area (Å²) in [7, 11) is -2.41. The number of hydrogen-bond acceptors (Lipinski definition) is 5. The van der Waals surface area contributed by atoms with E-state index < -0.39 is 27.6 Å². The molecule has 1 atom stereocenters. The van der Waals surface area contributed by atoms with Crippen molar-refractivity contribution in [1.82, 2.24) is 14.8 Å². The van der Waals surface area contributed by atoms with Crippen molar-refractivity contribution >= 4 is 15.8 Å². The van der Waals surface area contributed by atoms with Gasteiger partial charge in [0, 0.05) is 36.4 Å². The van der Waals surface area contributed by atoms with Gasteiger partial charge in [-0.1, -0.05) is 12.1 Å². The van der Waals surface area contributed by atoms with Crippen LogP contribution in [0.1, 0.15) is 29.0 Å². The average Bonchev–Trinajstić information content (AvgIpc) is 3.29. The van der Waals surface area contributed by atoms with E-state index in [2.05, 4.69) is 14.8 Å². The van der Waals surface area contributed by atoms with Gasteiger partial charge in [0.05, 0.1) is 29.0 Å². The molecule has 1 unspecified atom stereocenters. The van der Waals surface area contributed by atoms with Crippen molar-refractivity contribution < 1.29 is 30.7 Å². The number of nitrogens with zero attached hydrogens (tertiary/aromatic N) is 3. The number of rotatable bonds is 5. The van der Waals surface area contributed by atoms with Crippen LogP contribution in [-0.4, -0.2) is 29.8 Å². The molecule has 0 fully saturated rings. The molecule has 0 saturated heterocycles. The summed E-state index contributed by atoms with van der Waals surface area (Å²) in [4.78, 5) is 3.61. The van der Waals surface area contributed by atoms with Crippen LogP contribution in [0, 0.1) is 5.82 Å². The number of nitrogens with one attached hydrogen (secondary N) is 1. The molecule has 37 heavy (non-hydrogen) atoms. The Morgan fingerprint density at radius 1 is 1.05 bits per heavy atom. The van der Waals surface area contributed by atoms with Gasteiger partial charge < -0.3 is 4.74 Å². The maximum Gasteiger partial charge on any atom is 0.416 e. The number of hydrogen-bond donors (Lipinski definition) is 1. The van der Waals surface area contributed by atoms with Crippen molar-refractivity contribution in [3.8, 4) is 17.0 Å². The van der Waals surface area contributed by atoms with Crippen LogP contribution >= 0.6 is 0 Å². The van der Waals surface area contributed by atoms with Gasteiger partial charge in [0.1, 0.15) is 17.4 Å². The highest BCUT2D eigenvalue weighted by Gasteiger charge is 2.33. The second kappa shape index (κ2) is 9.18. The van der Waals surface area contributed by atoms with E-state index in [0.29, 0.717) is 34.6 Å². The minimum atomic E-state index is -4.52. The molecule has 2 aromatic heterocycles. The monoisotopic (exact) mass is 532 g/mol. The number of ether oxygens (including phenoxy) is 1. The maximum absolute atomic E-state index is 13.5. The van der Waals surface area contributed by atoms with Crippen LogP contribution in [0.3, 0.4) is 0 Å². The molecule has 12 heteroatoms. The lowest BCUT2D eigenvalue weighted by molar-refractivity contribution is -0.137. The van der Waals surface area contributed by atoms with Crippen LogP contribution in [0.2, 0.25) is 0 Å². The zero-order valence-corrected chi connectivity index (χ0v) is 20.1.